The van der Waals surface area contributed by atoms with E-state index in [1.807, 2.05) is 0 Å². The zero-order valence-corrected chi connectivity index (χ0v) is 7.66. The van der Waals surface area contributed by atoms with Gasteiger partial charge in [0.15, 0.2) is 0 Å². The van der Waals surface area contributed by atoms with Gasteiger partial charge in [0.05, 0.1) is 12.1 Å². The van der Waals surface area contributed by atoms with Crippen LogP contribution in [0.4, 0.5) is 0 Å². The van der Waals surface area contributed by atoms with E-state index in [1.165, 1.54) is 0 Å². The van der Waals surface area contributed by atoms with Crippen LogP contribution in [0.25, 0.3) is 0 Å². The Morgan fingerprint density at radius 2 is 2.31 bits per heavy atom. The molecule has 4 unspecified atom stereocenters. The molecule has 0 aromatic heterocycles. The van der Waals surface area contributed by atoms with Crippen LogP contribution >= 0.6 is 0 Å². The monoisotopic (exact) mass is 213 g/mol. The summed E-state index contributed by atoms with van der Waals surface area (Å²) in [5, 5.41) is 12.7. The maximum absolute atomic E-state index is 10.4. The molecule has 0 aromatic rings. The van der Waals surface area contributed by atoms with E-state index in [0.717, 1.165) is 12.7 Å². The second-order valence-electron chi connectivity index (χ2n) is 3.62. The van der Waals surface area contributed by atoms with E-state index in [9.17, 15) is 9.90 Å². The second kappa shape index (κ2) is 6.36. The van der Waals surface area contributed by atoms with Crippen LogP contribution in [0.2, 0.25) is 0 Å². The number of nitrogens with one attached hydrogen (secondary N) is 1. The first kappa shape index (κ1) is 13.8. The first-order valence-electron chi connectivity index (χ1n) is 4.58. The van der Waals surface area contributed by atoms with Gasteiger partial charge in [-0.25, -0.2) is 0 Å². The Morgan fingerprint density at radius 1 is 1.69 bits per heavy atom. The van der Waals surface area contributed by atoms with Crippen molar-refractivity contribution in [3.8, 4) is 0 Å². The summed E-state index contributed by atoms with van der Waals surface area (Å²) < 4.78 is 0. The third kappa shape index (κ3) is 3.48. The van der Waals surface area contributed by atoms with Gasteiger partial charge in [0, 0.05) is 6.04 Å². The molecule has 2 N–H and O–H groups in total. The minimum atomic E-state index is -0.352. The predicted octanol–water partition coefficient (Wildman–Crippen LogP) is -0.593. The minimum absolute atomic E-state index is 0. The van der Waals surface area contributed by atoms with Gasteiger partial charge in [0.1, 0.15) is 6.29 Å². The Morgan fingerprint density at radius 3 is 2.69 bits per heavy atom. The van der Waals surface area contributed by atoms with Crippen molar-refractivity contribution in [1.82, 2.24) is 5.32 Å². The van der Waals surface area contributed by atoms with Crippen molar-refractivity contribution in [2.75, 3.05) is 0 Å². The maximum atomic E-state index is 10.4. The molecule has 1 fully saturated rings. The molecule has 0 aromatic carbocycles. The topological polar surface area (TPSA) is 49.3 Å². The molecule has 1 saturated heterocycles. The van der Waals surface area contributed by atoms with Gasteiger partial charge < -0.3 is 15.2 Å². The van der Waals surface area contributed by atoms with Gasteiger partial charge in [-0.15, -0.1) is 0 Å². The van der Waals surface area contributed by atoms with Crippen LogP contribution in [-0.4, -0.2) is 67.3 Å². The SMILES string of the molecule is CCC(C)C1NC(C=O)CC1O.[CaH2]. The number of aliphatic hydroxyl groups is 1. The van der Waals surface area contributed by atoms with Gasteiger partial charge in [-0.1, -0.05) is 20.3 Å². The quantitative estimate of drug-likeness (QED) is 0.486. The fourth-order valence-electron chi connectivity index (χ4n) is 1.73. The average molecular weight is 213 g/mol. The first-order valence-corrected chi connectivity index (χ1v) is 4.58. The fraction of sp³-hybridized carbons (Fsp3) is 0.889. The molecule has 0 saturated carbocycles. The normalized spacial score (nSPS) is 35.2. The van der Waals surface area contributed by atoms with Crippen molar-refractivity contribution in [3.63, 3.8) is 0 Å². The standard InChI is InChI=1S/C9H17NO2.Ca.2H/c1-3-6(2)9-8(12)4-7(5-11)10-9;;;/h5-10,12H,3-4H2,1-2H3;;;. The van der Waals surface area contributed by atoms with E-state index in [0.29, 0.717) is 12.3 Å². The van der Waals surface area contributed by atoms with Crippen molar-refractivity contribution in [1.29, 1.82) is 0 Å². The van der Waals surface area contributed by atoms with E-state index in [4.69, 9.17) is 0 Å². The van der Waals surface area contributed by atoms with Gasteiger partial charge in [0.2, 0.25) is 0 Å². The van der Waals surface area contributed by atoms with Gasteiger partial charge in [-0.3, -0.25) is 0 Å². The van der Waals surface area contributed by atoms with Gasteiger partial charge in [-0.05, 0) is 12.3 Å². The molecule has 4 heteroatoms. The van der Waals surface area contributed by atoms with Crippen molar-refractivity contribution in [2.24, 2.45) is 5.92 Å². The Hall–Kier alpha value is 0.850. The second-order valence-corrected chi connectivity index (χ2v) is 3.62. The van der Waals surface area contributed by atoms with Crippen molar-refractivity contribution >= 4 is 44.0 Å². The van der Waals surface area contributed by atoms with Crippen molar-refractivity contribution in [3.05, 3.63) is 0 Å². The summed E-state index contributed by atoms with van der Waals surface area (Å²) >= 11 is 0. The molecule has 3 nitrogen and oxygen atoms in total. The van der Waals surface area contributed by atoms with Gasteiger partial charge in [-0.2, -0.15) is 0 Å². The molecule has 1 aliphatic rings. The van der Waals surface area contributed by atoms with Crippen LogP contribution in [0.5, 0.6) is 0 Å². The molecule has 74 valence electrons. The summed E-state index contributed by atoms with van der Waals surface area (Å²) in [5.74, 6) is 0.435. The van der Waals surface area contributed by atoms with Crippen molar-refractivity contribution < 1.29 is 9.90 Å². The van der Waals surface area contributed by atoms with Gasteiger partial charge in [0.25, 0.3) is 0 Å². The van der Waals surface area contributed by atoms with Crippen LogP contribution in [0.3, 0.4) is 0 Å². The number of aliphatic hydroxyl groups excluding tert-OH is 1. The molecule has 0 bridgehead atoms. The number of carbonyl (C=O) groups is 1. The molecule has 4 atom stereocenters. The summed E-state index contributed by atoms with van der Waals surface area (Å²) in [6.45, 7) is 4.18. The zero-order valence-electron chi connectivity index (χ0n) is 7.66. The van der Waals surface area contributed by atoms with E-state index < -0.39 is 0 Å². The van der Waals surface area contributed by atoms with Crippen LogP contribution in [0, 0.1) is 5.92 Å². The molecule has 0 spiro atoms. The van der Waals surface area contributed by atoms with Crippen LogP contribution in [-0.2, 0) is 4.79 Å². The molecule has 13 heavy (non-hydrogen) atoms. The number of aldehydes is 1. The number of rotatable bonds is 3. The molecule has 1 aliphatic heterocycles. The Labute approximate surface area is 109 Å². The van der Waals surface area contributed by atoms with E-state index in [-0.39, 0.29) is 55.9 Å². The number of hydrogen-bond donors (Lipinski definition) is 2. The molecule has 1 rings (SSSR count). The van der Waals surface area contributed by atoms with E-state index in [2.05, 4.69) is 19.2 Å². The summed E-state index contributed by atoms with van der Waals surface area (Å²) in [6.07, 6.45) is 2.12. The summed E-state index contributed by atoms with van der Waals surface area (Å²) in [5.41, 5.74) is 0. The summed E-state index contributed by atoms with van der Waals surface area (Å²) in [4.78, 5) is 10.4. The fourth-order valence-corrected chi connectivity index (χ4v) is 1.73. The molecule has 0 radical (unpaired) electrons. The van der Waals surface area contributed by atoms with Crippen molar-refractivity contribution in [2.45, 2.75) is 44.9 Å². The van der Waals surface area contributed by atoms with Crippen LogP contribution < -0.4 is 5.32 Å². The summed E-state index contributed by atoms with van der Waals surface area (Å²) in [7, 11) is 0. The van der Waals surface area contributed by atoms with E-state index in [1.54, 1.807) is 0 Å². The third-order valence-corrected chi connectivity index (χ3v) is 2.74. The Kier molecular flexibility index (Phi) is 6.77. The molecular weight excluding hydrogens is 194 g/mol. The van der Waals surface area contributed by atoms with E-state index >= 15 is 0 Å². The number of hydrogen-bond acceptors (Lipinski definition) is 3. The Balaban J connectivity index is 0.00000144. The molecular formula is C9H19CaNO2. The number of carbonyl (C=O) groups excluding carboxylic acids is 1. The first-order chi connectivity index (χ1) is 5.69. The summed E-state index contributed by atoms with van der Waals surface area (Å²) in [6, 6.07) is -0.0378. The molecule has 0 aliphatic carbocycles. The average Bonchev–Trinajstić information content (AvgIpc) is 2.45. The van der Waals surface area contributed by atoms with Crippen LogP contribution in [0.1, 0.15) is 26.7 Å². The van der Waals surface area contributed by atoms with Gasteiger partial charge >= 0.3 is 37.7 Å². The Bertz CT molecular complexity index is 166. The molecule has 0 amide bonds. The van der Waals surface area contributed by atoms with Crippen LogP contribution in [0.15, 0.2) is 0 Å². The molecule has 1 heterocycles. The third-order valence-electron chi connectivity index (χ3n) is 2.74. The predicted molar refractivity (Wildman–Crippen MR) is 55.4 cm³/mol. The zero-order chi connectivity index (χ0) is 9.14.